The Morgan fingerprint density at radius 3 is 2.73 bits per heavy atom. The van der Waals surface area contributed by atoms with Crippen LogP contribution in [0.15, 0.2) is 24.3 Å². The molecule has 0 aliphatic heterocycles. The molecule has 0 saturated carbocycles. The second-order valence-electron chi connectivity index (χ2n) is 1.86. The number of nitrogens with one attached hydrogen (secondary N) is 1. The van der Waals surface area contributed by atoms with Crippen LogP contribution in [0.2, 0.25) is 0 Å². The van der Waals surface area contributed by atoms with E-state index >= 15 is 0 Å². The Morgan fingerprint density at radius 1 is 1.55 bits per heavy atom. The molecule has 0 aliphatic carbocycles. The average molecular weight is 141 g/mol. The molecule has 0 fully saturated rings. The summed E-state index contributed by atoms with van der Waals surface area (Å²) in [5.74, 6) is -0.0967. The van der Waals surface area contributed by atoms with Crippen molar-refractivity contribution in [2.75, 3.05) is 7.05 Å². The summed E-state index contributed by atoms with van der Waals surface area (Å²) < 4.78 is 0. The minimum absolute atomic E-state index is 0. The van der Waals surface area contributed by atoms with Gasteiger partial charge in [0.05, 0.1) is 0 Å². The molecule has 0 unspecified atom stereocenters. The molecule has 3 heteroatoms. The van der Waals surface area contributed by atoms with E-state index in [1.807, 2.05) is 6.07 Å². The van der Waals surface area contributed by atoms with Crippen molar-refractivity contribution >= 4 is 5.91 Å². The Bertz CT molecular complexity index is 223. The molecule has 0 atom stereocenters. The number of carbonyl (C=O) groups is 1. The van der Waals surface area contributed by atoms with Crippen LogP contribution in [0.4, 0.5) is 0 Å². The number of benzene rings is 1. The van der Waals surface area contributed by atoms with Crippen LogP contribution in [0.5, 0.6) is 0 Å². The van der Waals surface area contributed by atoms with Crippen LogP contribution >= 0.6 is 0 Å². The predicted molar refractivity (Wildman–Crippen MR) is 38.7 cm³/mol. The second kappa shape index (κ2) is 5.01. The van der Waals surface area contributed by atoms with Gasteiger partial charge in [0.1, 0.15) is 0 Å². The largest absolute Gasteiger partial charge is 1.00 e. The Kier molecular flexibility index (Phi) is 4.68. The summed E-state index contributed by atoms with van der Waals surface area (Å²) in [6.45, 7) is 0. The molecule has 0 radical (unpaired) electrons. The summed E-state index contributed by atoms with van der Waals surface area (Å²) in [7, 11) is 1.60. The van der Waals surface area contributed by atoms with Crippen molar-refractivity contribution in [3.8, 4) is 0 Å². The summed E-state index contributed by atoms with van der Waals surface area (Å²) in [5.41, 5.74) is 0.574. The molecule has 11 heavy (non-hydrogen) atoms. The molecule has 1 aromatic carbocycles. The van der Waals surface area contributed by atoms with Crippen molar-refractivity contribution < 1.29 is 23.7 Å². The molecule has 1 aromatic rings. The van der Waals surface area contributed by atoms with E-state index in [2.05, 4.69) is 11.4 Å². The molecule has 0 aliphatic rings. The van der Waals surface area contributed by atoms with E-state index < -0.39 is 0 Å². The summed E-state index contributed by atoms with van der Waals surface area (Å²) in [6.07, 6.45) is 0. The van der Waals surface area contributed by atoms with Gasteiger partial charge in [0.15, 0.2) is 5.91 Å². The normalized spacial score (nSPS) is 8.09. The maximum absolute atomic E-state index is 10.9. The summed E-state index contributed by atoms with van der Waals surface area (Å²) in [6, 6.07) is 9.87. The van der Waals surface area contributed by atoms with Crippen molar-refractivity contribution in [2.45, 2.75) is 0 Å². The van der Waals surface area contributed by atoms with Crippen LogP contribution in [0.25, 0.3) is 0 Å². The topological polar surface area (TPSA) is 29.1 Å². The van der Waals surface area contributed by atoms with Gasteiger partial charge in [0.2, 0.25) is 0 Å². The van der Waals surface area contributed by atoms with E-state index in [9.17, 15) is 4.79 Å². The maximum atomic E-state index is 10.9. The zero-order valence-corrected chi connectivity index (χ0v) is 6.72. The molecule has 0 bridgehead atoms. The van der Waals surface area contributed by atoms with E-state index in [1.165, 1.54) is 0 Å². The molecule has 0 heterocycles. The molecule has 1 rings (SSSR count). The van der Waals surface area contributed by atoms with Crippen molar-refractivity contribution in [3.63, 3.8) is 0 Å². The van der Waals surface area contributed by atoms with Crippen LogP contribution in [-0.2, 0) is 0 Å². The Balaban J connectivity index is 0.000001000. The van der Waals surface area contributed by atoms with Gasteiger partial charge >= 0.3 is 18.9 Å². The molecule has 1 amide bonds. The number of hydrogen-bond acceptors (Lipinski definition) is 1. The third-order valence-electron chi connectivity index (χ3n) is 1.18. The van der Waals surface area contributed by atoms with Gasteiger partial charge in [-0.1, -0.05) is 5.56 Å². The van der Waals surface area contributed by atoms with E-state index in [0.29, 0.717) is 5.56 Å². The van der Waals surface area contributed by atoms with Crippen LogP contribution < -0.4 is 24.2 Å². The molecule has 1 N–H and O–H groups in total. The van der Waals surface area contributed by atoms with Gasteiger partial charge in [0.25, 0.3) is 0 Å². The van der Waals surface area contributed by atoms with Crippen molar-refractivity contribution in [3.05, 3.63) is 35.9 Å². The number of rotatable bonds is 1. The van der Waals surface area contributed by atoms with Crippen molar-refractivity contribution in [1.29, 1.82) is 0 Å². The second-order valence-corrected chi connectivity index (χ2v) is 1.86. The summed E-state index contributed by atoms with van der Waals surface area (Å²) >= 11 is 0. The predicted octanol–water partition coefficient (Wildman–Crippen LogP) is -2.15. The first-order chi connectivity index (χ1) is 4.84. The smallest absolute Gasteiger partial charge is 0.394 e. The maximum Gasteiger partial charge on any atom is 1.00 e. The minimum atomic E-state index is -0.0967. The SMILES string of the molecule is CNC(=O)c1[c-]cccc1.[Li+]. The fourth-order valence-corrected chi connectivity index (χ4v) is 0.669. The molecule has 0 spiro atoms. The number of carbonyl (C=O) groups excluding carboxylic acids is 1. The molecule has 52 valence electrons. The molecule has 0 aromatic heterocycles. The van der Waals surface area contributed by atoms with Crippen LogP contribution in [0, 0.1) is 6.07 Å². The first kappa shape index (κ1) is 10.3. The van der Waals surface area contributed by atoms with E-state index in [1.54, 1.807) is 25.2 Å². The molecule has 2 nitrogen and oxygen atoms in total. The standard InChI is InChI=1S/C8H8NO.Li/c1-9-8(10)7-5-3-2-4-6-7;/h2-5H,1H3,(H,9,10);/q-1;+1. The van der Waals surface area contributed by atoms with Crippen LogP contribution in [0.3, 0.4) is 0 Å². The van der Waals surface area contributed by atoms with Crippen molar-refractivity contribution in [1.82, 2.24) is 5.32 Å². The molecule has 0 saturated heterocycles. The van der Waals surface area contributed by atoms with Gasteiger partial charge in [-0.25, -0.2) is 0 Å². The first-order valence-corrected chi connectivity index (χ1v) is 3.03. The number of amides is 1. The third-order valence-corrected chi connectivity index (χ3v) is 1.18. The Morgan fingerprint density at radius 2 is 2.27 bits per heavy atom. The quantitative estimate of drug-likeness (QED) is 0.350. The van der Waals surface area contributed by atoms with Gasteiger partial charge in [-0.2, -0.15) is 0 Å². The monoisotopic (exact) mass is 141 g/mol. The van der Waals surface area contributed by atoms with E-state index in [-0.39, 0.29) is 24.8 Å². The minimum Gasteiger partial charge on any atom is -0.394 e. The first-order valence-electron chi connectivity index (χ1n) is 3.03. The van der Waals surface area contributed by atoms with Gasteiger partial charge in [-0.05, 0) is 7.05 Å². The zero-order chi connectivity index (χ0) is 7.40. The van der Waals surface area contributed by atoms with Crippen LogP contribution in [0.1, 0.15) is 10.4 Å². The Hall–Kier alpha value is -0.713. The molecular weight excluding hydrogens is 133 g/mol. The number of hydrogen-bond donors (Lipinski definition) is 1. The van der Waals surface area contributed by atoms with E-state index in [4.69, 9.17) is 0 Å². The molecular formula is C8H8LiNO. The summed E-state index contributed by atoms with van der Waals surface area (Å²) in [5, 5.41) is 2.51. The fraction of sp³-hybridized carbons (Fsp3) is 0.125. The zero-order valence-electron chi connectivity index (χ0n) is 6.72. The van der Waals surface area contributed by atoms with Gasteiger partial charge < -0.3 is 10.1 Å². The summed E-state index contributed by atoms with van der Waals surface area (Å²) in [4.78, 5) is 10.9. The van der Waals surface area contributed by atoms with Gasteiger partial charge in [-0.15, -0.1) is 30.3 Å². The fourth-order valence-electron chi connectivity index (χ4n) is 0.669. The van der Waals surface area contributed by atoms with Gasteiger partial charge in [-0.3, -0.25) is 0 Å². The van der Waals surface area contributed by atoms with Crippen LogP contribution in [-0.4, -0.2) is 13.0 Å². The Labute approximate surface area is 78.2 Å². The van der Waals surface area contributed by atoms with Crippen molar-refractivity contribution in [2.24, 2.45) is 0 Å². The van der Waals surface area contributed by atoms with E-state index in [0.717, 1.165) is 0 Å². The average Bonchev–Trinajstić information content (AvgIpc) is 2.05. The third kappa shape index (κ3) is 2.79. The van der Waals surface area contributed by atoms with Gasteiger partial charge in [0, 0.05) is 0 Å².